The second kappa shape index (κ2) is 6.02. The molecule has 2 aromatic carbocycles. The van der Waals surface area contributed by atoms with Crippen LogP contribution in [0.15, 0.2) is 48.5 Å². The maximum Gasteiger partial charge on any atom is 0.337 e. The number of hydrazine groups is 1. The summed E-state index contributed by atoms with van der Waals surface area (Å²) in [5.74, 6) is 0.192. The predicted molar refractivity (Wildman–Crippen MR) is 85.0 cm³/mol. The summed E-state index contributed by atoms with van der Waals surface area (Å²) in [5.41, 5.74) is 6.19. The zero-order chi connectivity index (χ0) is 16.2. The van der Waals surface area contributed by atoms with Crippen molar-refractivity contribution in [1.82, 2.24) is 15.4 Å². The van der Waals surface area contributed by atoms with Crippen molar-refractivity contribution >= 4 is 34.4 Å². The molecule has 116 valence electrons. The number of hydrogen-bond acceptors (Lipinski definition) is 5. The SMILES string of the molecule is O=C(NNc1nc2c([N+](=O)[O-])cccc2[nH]1)Nc1ccccc1. The van der Waals surface area contributed by atoms with Crippen LogP contribution in [-0.4, -0.2) is 20.9 Å². The predicted octanol–water partition coefficient (Wildman–Crippen LogP) is 2.62. The highest BCUT2D eigenvalue weighted by molar-refractivity contribution is 5.90. The van der Waals surface area contributed by atoms with Crippen molar-refractivity contribution in [2.24, 2.45) is 0 Å². The van der Waals surface area contributed by atoms with Crippen LogP contribution in [0.25, 0.3) is 11.0 Å². The average molecular weight is 312 g/mol. The second-order valence-electron chi connectivity index (χ2n) is 4.59. The van der Waals surface area contributed by atoms with Crippen molar-refractivity contribution in [3.63, 3.8) is 0 Å². The molecule has 1 aromatic heterocycles. The first-order valence-electron chi connectivity index (χ1n) is 6.64. The number of hydrogen-bond donors (Lipinski definition) is 4. The minimum Gasteiger partial charge on any atom is -0.323 e. The zero-order valence-corrected chi connectivity index (χ0v) is 11.7. The number of amides is 2. The smallest absolute Gasteiger partial charge is 0.323 e. The highest BCUT2D eigenvalue weighted by Crippen LogP contribution is 2.24. The van der Waals surface area contributed by atoms with Crippen molar-refractivity contribution in [3.8, 4) is 0 Å². The normalized spacial score (nSPS) is 10.3. The quantitative estimate of drug-likeness (QED) is 0.435. The number of nitrogens with zero attached hydrogens (tertiary/aromatic N) is 2. The molecule has 0 spiro atoms. The van der Waals surface area contributed by atoms with E-state index in [1.165, 1.54) is 6.07 Å². The third kappa shape index (κ3) is 3.18. The Kier molecular flexibility index (Phi) is 3.75. The molecule has 0 radical (unpaired) electrons. The van der Waals surface area contributed by atoms with Crippen LogP contribution in [-0.2, 0) is 0 Å². The Hall–Kier alpha value is -3.62. The van der Waals surface area contributed by atoms with E-state index in [1.54, 1.807) is 36.4 Å². The van der Waals surface area contributed by atoms with E-state index >= 15 is 0 Å². The Balaban J connectivity index is 1.69. The summed E-state index contributed by atoms with van der Waals surface area (Å²) in [6, 6.07) is 13.0. The number of non-ortho nitro benzene ring substituents is 1. The van der Waals surface area contributed by atoms with E-state index in [0.29, 0.717) is 11.2 Å². The number of H-pyrrole nitrogens is 1. The van der Waals surface area contributed by atoms with Crippen molar-refractivity contribution in [2.45, 2.75) is 0 Å². The van der Waals surface area contributed by atoms with Gasteiger partial charge in [-0.25, -0.2) is 15.2 Å². The van der Waals surface area contributed by atoms with Gasteiger partial charge in [0.05, 0.1) is 10.4 Å². The number of aromatic amines is 1. The van der Waals surface area contributed by atoms with Crippen molar-refractivity contribution in [3.05, 3.63) is 58.6 Å². The molecule has 3 aromatic rings. The Bertz CT molecular complexity index is 861. The van der Waals surface area contributed by atoms with Crippen LogP contribution < -0.4 is 16.2 Å². The van der Waals surface area contributed by atoms with Gasteiger partial charge in [0.15, 0.2) is 5.52 Å². The molecule has 0 unspecified atom stereocenters. The lowest BCUT2D eigenvalue weighted by molar-refractivity contribution is -0.383. The second-order valence-corrected chi connectivity index (χ2v) is 4.59. The lowest BCUT2D eigenvalue weighted by atomic mass is 10.3. The highest BCUT2D eigenvalue weighted by atomic mass is 16.6. The number of urea groups is 1. The lowest BCUT2D eigenvalue weighted by Crippen LogP contribution is -2.33. The first kappa shape index (κ1) is 14.3. The number of nitro benzene ring substituents is 1. The van der Waals surface area contributed by atoms with Crippen LogP contribution in [0.4, 0.5) is 22.1 Å². The van der Waals surface area contributed by atoms with Gasteiger partial charge in [0.1, 0.15) is 0 Å². The maximum absolute atomic E-state index is 11.7. The molecule has 0 aliphatic heterocycles. The molecule has 0 aliphatic carbocycles. The van der Waals surface area contributed by atoms with Gasteiger partial charge in [-0.1, -0.05) is 24.3 Å². The van der Waals surface area contributed by atoms with Crippen molar-refractivity contribution in [2.75, 3.05) is 10.7 Å². The lowest BCUT2D eigenvalue weighted by Gasteiger charge is -2.07. The molecule has 0 bridgehead atoms. The van der Waals surface area contributed by atoms with Crippen LogP contribution in [0.3, 0.4) is 0 Å². The molecular formula is C14H12N6O3. The molecule has 9 heteroatoms. The number of nitrogens with one attached hydrogen (secondary N) is 4. The highest BCUT2D eigenvalue weighted by Gasteiger charge is 2.15. The third-order valence-electron chi connectivity index (χ3n) is 3.01. The van der Waals surface area contributed by atoms with Gasteiger partial charge in [0.25, 0.3) is 5.69 Å². The molecule has 2 amide bonds. The minimum atomic E-state index is -0.511. The van der Waals surface area contributed by atoms with Gasteiger partial charge in [-0.3, -0.25) is 15.5 Å². The van der Waals surface area contributed by atoms with Gasteiger partial charge in [0.2, 0.25) is 5.95 Å². The molecule has 0 saturated heterocycles. The number of nitro groups is 1. The van der Waals surface area contributed by atoms with Gasteiger partial charge < -0.3 is 10.3 Å². The largest absolute Gasteiger partial charge is 0.337 e. The van der Waals surface area contributed by atoms with Crippen LogP contribution in [0, 0.1) is 10.1 Å². The van der Waals surface area contributed by atoms with E-state index in [1.807, 2.05) is 6.07 Å². The monoisotopic (exact) mass is 312 g/mol. The summed E-state index contributed by atoms with van der Waals surface area (Å²) in [5, 5.41) is 13.6. The molecule has 0 atom stereocenters. The Labute approximate surface area is 129 Å². The topological polar surface area (TPSA) is 125 Å². The minimum absolute atomic E-state index is 0.111. The number of carbonyl (C=O) groups excluding carboxylic acids is 1. The van der Waals surface area contributed by atoms with E-state index in [0.717, 1.165) is 0 Å². The van der Waals surface area contributed by atoms with Crippen LogP contribution in [0.2, 0.25) is 0 Å². The first-order chi connectivity index (χ1) is 11.1. The fourth-order valence-electron chi connectivity index (χ4n) is 2.02. The van der Waals surface area contributed by atoms with E-state index in [9.17, 15) is 14.9 Å². The first-order valence-corrected chi connectivity index (χ1v) is 6.64. The van der Waals surface area contributed by atoms with Crippen molar-refractivity contribution < 1.29 is 9.72 Å². The molecule has 4 N–H and O–H groups in total. The molecule has 23 heavy (non-hydrogen) atoms. The number of para-hydroxylation sites is 2. The summed E-state index contributed by atoms with van der Waals surface area (Å²) >= 11 is 0. The summed E-state index contributed by atoms with van der Waals surface area (Å²) in [7, 11) is 0. The fraction of sp³-hybridized carbons (Fsp3) is 0. The standard InChI is InChI=1S/C14H12N6O3/c21-14(15-9-5-2-1-3-6-9)19-18-13-16-10-7-4-8-11(20(22)23)12(10)17-13/h1-8H,(H2,15,19,21)(H2,16,17,18). The van der Waals surface area contributed by atoms with E-state index in [2.05, 4.69) is 26.1 Å². The van der Waals surface area contributed by atoms with E-state index < -0.39 is 11.0 Å². The summed E-state index contributed by atoms with van der Waals surface area (Å²) < 4.78 is 0. The summed E-state index contributed by atoms with van der Waals surface area (Å²) in [6.45, 7) is 0. The molecule has 0 saturated carbocycles. The Morgan fingerprint density at radius 3 is 2.65 bits per heavy atom. The number of benzene rings is 2. The summed E-state index contributed by atoms with van der Waals surface area (Å²) in [4.78, 5) is 29.1. The number of rotatable bonds is 4. The Morgan fingerprint density at radius 1 is 1.13 bits per heavy atom. The molecule has 1 heterocycles. The number of fused-ring (bicyclic) bond motifs is 1. The van der Waals surface area contributed by atoms with Gasteiger partial charge in [-0.2, -0.15) is 0 Å². The fourth-order valence-corrected chi connectivity index (χ4v) is 2.02. The zero-order valence-electron chi connectivity index (χ0n) is 11.7. The third-order valence-corrected chi connectivity index (χ3v) is 3.01. The van der Waals surface area contributed by atoms with Gasteiger partial charge in [0, 0.05) is 11.8 Å². The van der Waals surface area contributed by atoms with Crippen LogP contribution in [0.1, 0.15) is 0 Å². The molecule has 9 nitrogen and oxygen atoms in total. The van der Waals surface area contributed by atoms with Crippen LogP contribution in [0.5, 0.6) is 0 Å². The van der Waals surface area contributed by atoms with Crippen LogP contribution >= 0.6 is 0 Å². The molecule has 3 rings (SSSR count). The van der Waals surface area contributed by atoms with E-state index in [-0.39, 0.29) is 17.2 Å². The molecule has 0 aliphatic rings. The maximum atomic E-state index is 11.7. The summed E-state index contributed by atoms with van der Waals surface area (Å²) in [6.07, 6.45) is 0. The average Bonchev–Trinajstić information content (AvgIpc) is 2.96. The van der Waals surface area contributed by atoms with Gasteiger partial charge in [-0.05, 0) is 18.2 Å². The van der Waals surface area contributed by atoms with E-state index in [4.69, 9.17) is 0 Å². The molecule has 0 fully saturated rings. The Morgan fingerprint density at radius 2 is 1.91 bits per heavy atom. The van der Waals surface area contributed by atoms with Gasteiger partial charge >= 0.3 is 6.03 Å². The van der Waals surface area contributed by atoms with Gasteiger partial charge in [-0.15, -0.1) is 0 Å². The van der Waals surface area contributed by atoms with Crippen molar-refractivity contribution in [1.29, 1.82) is 0 Å². The number of imidazole rings is 1. The number of anilines is 2. The number of carbonyl (C=O) groups is 1. The molecular weight excluding hydrogens is 300 g/mol. The number of aromatic nitrogens is 2.